The molecule has 0 aliphatic rings. The zero-order valence-corrected chi connectivity index (χ0v) is 19.4. The van der Waals surface area contributed by atoms with Gasteiger partial charge in [-0.2, -0.15) is 5.10 Å². The van der Waals surface area contributed by atoms with Crippen molar-refractivity contribution in [1.82, 2.24) is 5.43 Å². The number of amides is 2. The van der Waals surface area contributed by atoms with Gasteiger partial charge in [0.25, 0.3) is 11.8 Å². The highest BCUT2D eigenvalue weighted by molar-refractivity contribution is 7.21. The van der Waals surface area contributed by atoms with Gasteiger partial charge in [0, 0.05) is 15.8 Å². The Morgan fingerprint density at radius 1 is 1.03 bits per heavy atom. The number of fused-ring (bicyclic) bond motifs is 1. The fourth-order valence-corrected chi connectivity index (χ4v) is 4.93. The third kappa shape index (κ3) is 4.41. The molecule has 162 valence electrons. The third-order valence-corrected chi connectivity index (χ3v) is 6.76. The van der Waals surface area contributed by atoms with Gasteiger partial charge in [0.1, 0.15) is 10.6 Å². The predicted molar refractivity (Wildman–Crippen MR) is 129 cm³/mol. The highest BCUT2D eigenvalue weighted by Crippen LogP contribution is 2.39. The van der Waals surface area contributed by atoms with Crippen LogP contribution >= 0.6 is 34.5 Å². The lowest BCUT2D eigenvalue weighted by Crippen LogP contribution is -2.18. The van der Waals surface area contributed by atoms with Crippen LogP contribution in [0.4, 0.5) is 5.69 Å². The Balaban J connectivity index is 1.45. The maximum atomic E-state index is 12.6. The molecule has 0 atom stereocenters. The molecular formula is C23H17Cl2N3O3S. The van der Waals surface area contributed by atoms with Crippen molar-refractivity contribution in [2.75, 3.05) is 5.32 Å². The Morgan fingerprint density at radius 2 is 1.78 bits per heavy atom. The van der Waals surface area contributed by atoms with Gasteiger partial charge < -0.3 is 9.73 Å². The molecule has 0 unspecified atom stereocenters. The van der Waals surface area contributed by atoms with Crippen LogP contribution in [0.3, 0.4) is 0 Å². The molecule has 2 N–H and O–H groups in total. The molecule has 0 spiro atoms. The molecule has 4 rings (SSSR count). The maximum Gasteiger partial charge on any atom is 0.283 e. The first kappa shape index (κ1) is 22.1. The van der Waals surface area contributed by atoms with E-state index in [1.807, 2.05) is 12.1 Å². The van der Waals surface area contributed by atoms with Gasteiger partial charge >= 0.3 is 0 Å². The number of aryl methyl sites for hydroxylation is 1. The van der Waals surface area contributed by atoms with Crippen LogP contribution in [0.2, 0.25) is 10.0 Å². The fourth-order valence-electron chi connectivity index (χ4n) is 3.08. The summed E-state index contributed by atoms with van der Waals surface area (Å²) >= 11 is 13.8. The van der Waals surface area contributed by atoms with E-state index in [-0.39, 0.29) is 5.91 Å². The van der Waals surface area contributed by atoms with Crippen molar-refractivity contribution in [1.29, 1.82) is 0 Å². The smallest absolute Gasteiger partial charge is 0.283 e. The minimum Gasteiger partial charge on any atom is -0.469 e. The van der Waals surface area contributed by atoms with Crippen molar-refractivity contribution in [2.24, 2.45) is 5.10 Å². The molecule has 0 fully saturated rings. The van der Waals surface area contributed by atoms with E-state index in [0.29, 0.717) is 43.0 Å². The van der Waals surface area contributed by atoms with Crippen LogP contribution < -0.4 is 10.7 Å². The molecule has 0 saturated carbocycles. The second-order valence-electron chi connectivity index (χ2n) is 6.92. The first-order valence-corrected chi connectivity index (χ1v) is 11.1. The minimum absolute atomic E-state index is 0.248. The summed E-state index contributed by atoms with van der Waals surface area (Å²) in [4.78, 5) is 25.2. The first-order chi connectivity index (χ1) is 15.3. The van der Waals surface area contributed by atoms with E-state index in [1.54, 1.807) is 50.2 Å². The number of anilines is 1. The summed E-state index contributed by atoms with van der Waals surface area (Å²) in [5, 5.41) is 8.47. The highest BCUT2D eigenvalue weighted by atomic mass is 35.5. The van der Waals surface area contributed by atoms with Gasteiger partial charge in [-0.3, -0.25) is 9.59 Å². The van der Waals surface area contributed by atoms with Gasteiger partial charge in [-0.25, -0.2) is 5.43 Å². The lowest BCUT2D eigenvalue weighted by molar-refractivity contribution is 0.0958. The van der Waals surface area contributed by atoms with Crippen molar-refractivity contribution in [3.63, 3.8) is 0 Å². The number of rotatable bonds is 5. The van der Waals surface area contributed by atoms with Gasteiger partial charge in [-0.1, -0.05) is 41.4 Å². The standard InChI is InChI=1S/C23H17Cl2N3O3S/c1-12(14-6-8-15(9-7-14)26-22(29)16-10-11-31-13(16)2)27-28-23(30)21-20(25)19-17(24)4-3-5-18(19)32-21/h3-11H,1-2H3,(H,26,29)(H,28,30)/b27-12-. The number of nitrogens with zero attached hydrogens (tertiary/aromatic N) is 1. The largest absolute Gasteiger partial charge is 0.469 e. The quantitative estimate of drug-likeness (QED) is 0.249. The predicted octanol–water partition coefficient (Wildman–Crippen LogP) is 6.52. The molecule has 6 nitrogen and oxygen atoms in total. The number of hydrogen-bond donors (Lipinski definition) is 2. The lowest BCUT2D eigenvalue weighted by Gasteiger charge is -2.06. The number of hydrogen-bond acceptors (Lipinski definition) is 5. The van der Waals surface area contributed by atoms with Crippen molar-refractivity contribution >= 4 is 67.8 Å². The number of nitrogens with one attached hydrogen (secondary N) is 2. The summed E-state index contributed by atoms with van der Waals surface area (Å²) in [6, 6.07) is 14.1. The van der Waals surface area contributed by atoms with E-state index in [0.717, 1.165) is 10.3 Å². The van der Waals surface area contributed by atoms with Crippen LogP contribution in [-0.2, 0) is 0 Å². The summed E-state index contributed by atoms with van der Waals surface area (Å²) in [7, 11) is 0. The number of hydrazone groups is 1. The normalized spacial score (nSPS) is 11.6. The molecule has 2 aromatic heterocycles. The third-order valence-electron chi connectivity index (χ3n) is 4.80. The number of carbonyl (C=O) groups is 2. The van der Waals surface area contributed by atoms with Crippen LogP contribution in [0.25, 0.3) is 10.1 Å². The molecule has 0 saturated heterocycles. The van der Waals surface area contributed by atoms with Gasteiger partial charge in [-0.05, 0) is 49.7 Å². The van der Waals surface area contributed by atoms with E-state index >= 15 is 0 Å². The summed E-state index contributed by atoms with van der Waals surface area (Å²) in [6.45, 7) is 3.50. The summed E-state index contributed by atoms with van der Waals surface area (Å²) in [5.41, 5.74) is 5.03. The van der Waals surface area contributed by atoms with Crippen LogP contribution in [-0.4, -0.2) is 17.5 Å². The van der Waals surface area contributed by atoms with E-state index in [2.05, 4.69) is 15.8 Å². The average molecular weight is 486 g/mol. The molecule has 0 aliphatic heterocycles. The molecule has 2 heterocycles. The van der Waals surface area contributed by atoms with E-state index in [9.17, 15) is 9.59 Å². The lowest BCUT2D eigenvalue weighted by atomic mass is 10.1. The maximum absolute atomic E-state index is 12.6. The van der Waals surface area contributed by atoms with Crippen LogP contribution in [0, 0.1) is 6.92 Å². The van der Waals surface area contributed by atoms with Crippen molar-refractivity contribution in [3.8, 4) is 0 Å². The van der Waals surface area contributed by atoms with Gasteiger partial charge in [-0.15, -0.1) is 11.3 Å². The Hall–Kier alpha value is -3.13. The van der Waals surface area contributed by atoms with Crippen molar-refractivity contribution in [3.05, 3.63) is 86.6 Å². The zero-order valence-electron chi connectivity index (χ0n) is 17.0. The minimum atomic E-state index is -0.411. The number of carbonyl (C=O) groups excluding carboxylic acids is 2. The molecule has 2 aromatic carbocycles. The Labute approximate surface area is 197 Å². The SMILES string of the molecule is C/C(=N/NC(=O)c1sc2cccc(Cl)c2c1Cl)c1ccc(NC(=O)c2ccoc2C)cc1. The highest BCUT2D eigenvalue weighted by Gasteiger charge is 2.18. The Morgan fingerprint density at radius 3 is 2.44 bits per heavy atom. The average Bonchev–Trinajstić information content (AvgIpc) is 3.36. The number of thiophene rings is 1. The summed E-state index contributed by atoms with van der Waals surface area (Å²) in [6.07, 6.45) is 1.47. The van der Waals surface area contributed by atoms with E-state index in [4.69, 9.17) is 27.6 Å². The second-order valence-corrected chi connectivity index (χ2v) is 8.76. The number of furan rings is 1. The molecule has 0 bridgehead atoms. The monoisotopic (exact) mass is 485 g/mol. The van der Waals surface area contributed by atoms with Gasteiger partial charge in [0.05, 0.1) is 27.6 Å². The number of halogens is 2. The van der Waals surface area contributed by atoms with Crippen molar-refractivity contribution < 1.29 is 14.0 Å². The Bertz CT molecular complexity index is 1360. The van der Waals surface area contributed by atoms with E-state index < -0.39 is 5.91 Å². The van der Waals surface area contributed by atoms with E-state index in [1.165, 1.54) is 17.6 Å². The van der Waals surface area contributed by atoms with Gasteiger partial charge in [0.15, 0.2) is 0 Å². The van der Waals surface area contributed by atoms with Crippen LogP contribution in [0.5, 0.6) is 0 Å². The Kier molecular flexibility index (Phi) is 6.32. The molecule has 0 aliphatic carbocycles. The topological polar surface area (TPSA) is 83.7 Å². The van der Waals surface area contributed by atoms with Crippen molar-refractivity contribution in [2.45, 2.75) is 13.8 Å². The first-order valence-electron chi connectivity index (χ1n) is 9.52. The van der Waals surface area contributed by atoms with Crippen LogP contribution in [0.15, 0.2) is 64.3 Å². The summed E-state index contributed by atoms with van der Waals surface area (Å²) in [5.74, 6) is -0.105. The number of benzene rings is 2. The molecule has 2 amide bonds. The second kappa shape index (κ2) is 9.16. The molecule has 32 heavy (non-hydrogen) atoms. The van der Waals surface area contributed by atoms with Gasteiger partial charge in [0.2, 0.25) is 0 Å². The molecule has 4 aromatic rings. The summed E-state index contributed by atoms with van der Waals surface area (Å²) < 4.78 is 5.99. The zero-order chi connectivity index (χ0) is 22.8. The fraction of sp³-hybridized carbons (Fsp3) is 0.0870. The van der Waals surface area contributed by atoms with Crippen LogP contribution in [0.1, 0.15) is 38.3 Å². The molecular weight excluding hydrogens is 469 g/mol. The molecule has 9 heteroatoms. The molecule has 0 radical (unpaired) electrons.